The molecule has 0 unspecified atom stereocenters. The molecule has 32 heavy (non-hydrogen) atoms. The van der Waals surface area contributed by atoms with Gasteiger partial charge >= 0.3 is 6.03 Å². The van der Waals surface area contributed by atoms with Gasteiger partial charge in [-0.1, -0.05) is 91.0 Å². The van der Waals surface area contributed by atoms with Gasteiger partial charge in [-0.05, 0) is 16.7 Å². The van der Waals surface area contributed by atoms with E-state index in [0.29, 0.717) is 18.7 Å². The lowest BCUT2D eigenvalue weighted by Crippen LogP contribution is -2.38. The van der Waals surface area contributed by atoms with Crippen molar-refractivity contribution in [3.8, 4) is 0 Å². The highest BCUT2D eigenvalue weighted by molar-refractivity contribution is 5.73. The van der Waals surface area contributed by atoms with Crippen molar-refractivity contribution in [2.24, 2.45) is 0 Å². The molecule has 0 atom stereocenters. The number of hydrogen-bond donors (Lipinski definition) is 2. The summed E-state index contributed by atoms with van der Waals surface area (Å²) in [4.78, 5) is 15.7. The third kappa shape index (κ3) is 3.99. The molecular weight excluding hydrogens is 403 g/mol. The molecule has 5 nitrogen and oxygen atoms in total. The zero-order valence-electron chi connectivity index (χ0n) is 17.8. The summed E-state index contributed by atoms with van der Waals surface area (Å²) < 4.78 is 17.2. The van der Waals surface area contributed by atoms with Gasteiger partial charge in [0.15, 0.2) is 0 Å². The van der Waals surface area contributed by atoms with Crippen molar-refractivity contribution in [3.05, 3.63) is 126 Å². The van der Waals surface area contributed by atoms with Crippen LogP contribution in [0.4, 0.5) is 9.18 Å². The number of rotatable bonds is 7. The summed E-state index contributed by atoms with van der Waals surface area (Å²) in [5.41, 5.74) is 2.37. The zero-order chi connectivity index (χ0) is 22.4. The number of benzene rings is 3. The first-order valence-corrected chi connectivity index (χ1v) is 10.5. The molecule has 0 aliphatic heterocycles. The average Bonchev–Trinajstić information content (AvgIpc) is 3.22. The molecule has 1 heterocycles. The Kier molecular flexibility index (Phi) is 6.31. The molecule has 0 saturated carbocycles. The maximum absolute atomic E-state index is 15.6. The molecular formula is C26H25FN4O. The second kappa shape index (κ2) is 9.47. The fraction of sp³-hybridized carbons (Fsp3) is 0.154. The van der Waals surface area contributed by atoms with Crippen LogP contribution < -0.4 is 10.6 Å². The van der Waals surface area contributed by atoms with Crippen LogP contribution in [0.2, 0.25) is 0 Å². The second-order valence-electron chi connectivity index (χ2n) is 7.44. The first kappa shape index (κ1) is 21.3. The van der Waals surface area contributed by atoms with Crippen molar-refractivity contribution >= 4 is 6.03 Å². The summed E-state index contributed by atoms with van der Waals surface area (Å²) in [6, 6.07) is 29.3. The Morgan fingerprint density at radius 2 is 1.34 bits per heavy atom. The lowest BCUT2D eigenvalue weighted by molar-refractivity contribution is 0.243. The summed E-state index contributed by atoms with van der Waals surface area (Å²) in [5.74, 6) is 0. The molecule has 6 heteroatoms. The predicted molar refractivity (Wildman–Crippen MR) is 123 cm³/mol. The molecule has 0 aliphatic rings. The van der Waals surface area contributed by atoms with E-state index in [9.17, 15) is 4.79 Å². The average molecular weight is 429 g/mol. The number of carbonyl (C=O) groups is 1. The molecule has 0 bridgehead atoms. The van der Waals surface area contributed by atoms with E-state index in [-0.39, 0.29) is 6.03 Å². The van der Waals surface area contributed by atoms with Crippen LogP contribution in [-0.2, 0) is 12.0 Å². The number of aromatic nitrogens is 2. The summed E-state index contributed by atoms with van der Waals surface area (Å²) >= 11 is 0. The normalized spacial score (nSPS) is 11.2. The minimum absolute atomic E-state index is 0.280. The number of carbonyl (C=O) groups excluding carboxylic acids is 1. The zero-order valence-corrected chi connectivity index (χ0v) is 17.8. The Morgan fingerprint density at radius 3 is 1.78 bits per heavy atom. The Balaban J connectivity index is 1.90. The Bertz CT molecular complexity index is 1060. The van der Waals surface area contributed by atoms with Gasteiger partial charge in [0.2, 0.25) is 0 Å². The maximum Gasteiger partial charge on any atom is 0.314 e. The van der Waals surface area contributed by atoms with Gasteiger partial charge in [0.05, 0.1) is 5.69 Å². The first-order valence-electron chi connectivity index (χ1n) is 10.5. The number of imidazole rings is 1. The Labute approximate surface area is 186 Å². The number of hydrogen-bond acceptors (Lipinski definition) is 2. The van der Waals surface area contributed by atoms with Gasteiger partial charge in [0.25, 0.3) is 6.08 Å². The number of nitrogens with zero attached hydrogens (tertiary/aromatic N) is 2. The molecule has 0 aliphatic carbocycles. The summed E-state index contributed by atoms with van der Waals surface area (Å²) in [6.45, 7) is 0.352. The van der Waals surface area contributed by atoms with Gasteiger partial charge in [0.1, 0.15) is 5.54 Å². The van der Waals surface area contributed by atoms with E-state index in [1.54, 1.807) is 17.8 Å². The third-order valence-corrected chi connectivity index (χ3v) is 5.54. The minimum atomic E-state index is -0.951. The minimum Gasteiger partial charge on any atom is -0.341 e. The van der Waals surface area contributed by atoms with E-state index in [2.05, 4.69) is 15.6 Å². The summed E-state index contributed by atoms with van der Waals surface area (Å²) in [6.07, 6.45) is 1.57. The topological polar surface area (TPSA) is 59.0 Å². The summed E-state index contributed by atoms with van der Waals surface area (Å²) in [5, 5.41) is 5.23. The van der Waals surface area contributed by atoms with Crippen molar-refractivity contribution in [1.82, 2.24) is 20.2 Å². The van der Waals surface area contributed by atoms with E-state index in [0.717, 1.165) is 16.7 Å². The van der Waals surface area contributed by atoms with Crippen LogP contribution in [0.15, 0.2) is 97.2 Å². The van der Waals surface area contributed by atoms with E-state index >= 15 is 4.39 Å². The SMILES string of the molecule is CNC(=O)NCCc1cn(C(c2ccccc2)(c2ccccc2)c2ccccc2)c(F)n1. The highest BCUT2D eigenvalue weighted by atomic mass is 19.1. The molecule has 0 radical (unpaired) electrons. The standard InChI is InChI=1S/C26H25FN4O/c1-28-25(32)29-18-17-23-19-31(24(27)30-23)26(20-11-5-2-6-12-20,21-13-7-3-8-14-21)22-15-9-4-10-16-22/h2-16,19H,17-18H2,1H3,(H2,28,29,32). The molecule has 0 saturated heterocycles. The third-order valence-electron chi connectivity index (χ3n) is 5.54. The monoisotopic (exact) mass is 428 g/mol. The molecule has 0 fully saturated rings. The van der Waals surface area contributed by atoms with Gasteiger partial charge in [-0.2, -0.15) is 4.39 Å². The van der Waals surface area contributed by atoms with Crippen LogP contribution in [-0.4, -0.2) is 29.2 Å². The van der Waals surface area contributed by atoms with Gasteiger partial charge < -0.3 is 10.6 Å². The molecule has 2 amide bonds. The van der Waals surface area contributed by atoms with Crippen LogP contribution in [0.3, 0.4) is 0 Å². The van der Waals surface area contributed by atoms with Crippen molar-refractivity contribution in [1.29, 1.82) is 0 Å². The van der Waals surface area contributed by atoms with Crippen LogP contribution >= 0.6 is 0 Å². The lowest BCUT2D eigenvalue weighted by atomic mass is 9.76. The lowest BCUT2D eigenvalue weighted by Gasteiger charge is -2.37. The molecule has 1 aromatic heterocycles. The molecule has 162 valence electrons. The van der Waals surface area contributed by atoms with E-state index in [1.807, 2.05) is 91.0 Å². The van der Waals surface area contributed by atoms with Crippen molar-refractivity contribution in [3.63, 3.8) is 0 Å². The molecule has 2 N–H and O–H groups in total. The highest BCUT2D eigenvalue weighted by Crippen LogP contribution is 2.41. The van der Waals surface area contributed by atoms with E-state index < -0.39 is 11.6 Å². The predicted octanol–water partition coefficient (Wildman–Crippen LogP) is 4.33. The molecule has 3 aromatic carbocycles. The van der Waals surface area contributed by atoms with Gasteiger partial charge in [0, 0.05) is 26.2 Å². The Hall–Kier alpha value is -3.93. The van der Waals surface area contributed by atoms with E-state index in [1.165, 1.54) is 0 Å². The number of nitrogens with one attached hydrogen (secondary N) is 2. The summed E-state index contributed by atoms with van der Waals surface area (Å²) in [7, 11) is 1.55. The second-order valence-corrected chi connectivity index (χ2v) is 7.44. The highest BCUT2D eigenvalue weighted by Gasteiger charge is 2.40. The van der Waals surface area contributed by atoms with E-state index in [4.69, 9.17) is 0 Å². The quantitative estimate of drug-likeness (QED) is 0.431. The number of halogens is 1. The number of amides is 2. The Morgan fingerprint density at radius 1 is 0.875 bits per heavy atom. The van der Waals surface area contributed by atoms with Crippen molar-refractivity contribution < 1.29 is 9.18 Å². The van der Waals surface area contributed by atoms with Crippen LogP contribution in [0.5, 0.6) is 0 Å². The fourth-order valence-corrected chi connectivity index (χ4v) is 4.11. The fourth-order valence-electron chi connectivity index (χ4n) is 4.11. The molecule has 4 rings (SSSR count). The molecule has 0 spiro atoms. The van der Waals surface area contributed by atoms with Gasteiger partial charge in [-0.25, -0.2) is 9.78 Å². The number of urea groups is 1. The van der Waals surface area contributed by atoms with Crippen LogP contribution in [0, 0.1) is 6.08 Å². The maximum atomic E-state index is 15.6. The molecule has 4 aromatic rings. The van der Waals surface area contributed by atoms with Crippen LogP contribution in [0.1, 0.15) is 22.4 Å². The smallest absolute Gasteiger partial charge is 0.314 e. The van der Waals surface area contributed by atoms with Crippen LogP contribution in [0.25, 0.3) is 0 Å². The van der Waals surface area contributed by atoms with Crippen molar-refractivity contribution in [2.75, 3.05) is 13.6 Å². The van der Waals surface area contributed by atoms with Crippen molar-refractivity contribution in [2.45, 2.75) is 12.0 Å². The largest absolute Gasteiger partial charge is 0.341 e. The van der Waals surface area contributed by atoms with Gasteiger partial charge in [-0.3, -0.25) is 4.57 Å². The first-order chi connectivity index (χ1) is 15.7. The van der Waals surface area contributed by atoms with Gasteiger partial charge in [-0.15, -0.1) is 0 Å².